The van der Waals surface area contributed by atoms with Gasteiger partial charge >= 0.3 is 5.97 Å². The molecule has 0 aromatic rings. The quantitative estimate of drug-likeness (QED) is 0.426. The lowest BCUT2D eigenvalue weighted by Gasteiger charge is -2.05. The molecule has 7 heteroatoms. The first-order chi connectivity index (χ1) is 4.89. The molecule has 0 fully saturated rings. The summed E-state index contributed by atoms with van der Waals surface area (Å²) in [5.41, 5.74) is 0. The van der Waals surface area contributed by atoms with E-state index in [1.165, 1.54) is 0 Å². The van der Waals surface area contributed by atoms with Gasteiger partial charge in [-0.1, -0.05) is 0 Å². The van der Waals surface area contributed by atoms with Crippen molar-refractivity contribution in [1.82, 2.24) is 0 Å². The summed E-state index contributed by atoms with van der Waals surface area (Å²) in [6.07, 6.45) is -0.197. The van der Waals surface area contributed by atoms with Crippen molar-refractivity contribution >= 4 is 28.7 Å². The smallest absolute Gasteiger partial charge is 0.324 e. The molecular weight excluding hydrogens is 192 g/mol. The largest absolute Gasteiger partial charge is 0.480 e. The summed E-state index contributed by atoms with van der Waals surface area (Å²) in [4.78, 5) is 10.2. The van der Waals surface area contributed by atoms with Gasteiger partial charge in [0.05, 0.1) is 0 Å². The average molecular weight is 200 g/mol. The molecular formula is C4H8O5S2. The maximum Gasteiger partial charge on any atom is 0.324 e. The number of aliphatic carboxylic acids is 1. The van der Waals surface area contributed by atoms with E-state index in [1.54, 1.807) is 0 Å². The molecule has 0 aliphatic rings. The fourth-order valence-electron chi connectivity index (χ4n) is 0.517. The van der Waals surface area contributed by atoms with Crippen LogP contribution in [0.2, 0.25) is 0 Å². The Morgan fingerprint density at radius 1 is 1.55 bits per heavy atom. The van der Waals surface area contributed by atoms with Crippen LogP contribution < -0.4 is 0 Å². The fraction of sp³-hybridized carbons (Fsp3) is 0.750. The van der Waals surface area contributed by atoms with Crippen molar-refractivity contribution in [3.05, 3.63) is 0 Å². The molecule has 1 atom stereocenters. The van der Waals surface area contributed by atoms with E-state index in [1.807, 2.05) is 0 Å². The van der Waals surface area contributed by atoms with Crippen LogP contribution >= 0.6 is 12.6 Å². The molecule has 5 nitrogen and oxygen atoms in total. The van der Waals surface area contributed by atoms with E-state index < -0.39 is 21.3 Å². The minimum atomic E-state index is -4.47. The Morgan fingerprint density at radius 3 is 2.09 bits per heavy atom. The van der Waals surface area contributed by atoms with Gasteiger partial charge in [0.25, 0.3) is 10.1 Å². The van der Waals surface area contributed by atoms with Gasteiger partial charge in [0.15, 0.2) is 5.25 Å². The molecule has 0 aromatic carbocycles. The van der Waals surface area contributed by atoms with Crippen LogP contribution in [0, 0.1) is 0 Å². The van der Waals surface area contributed by atoms with E-state index in [9.17, 15) is 13.2 Å². The van der Waals surface area contributed by atoms with Gasteiger partial charge in [0, 0.05) is 0 Å². The highest BCUT2D eigenvalue weighted by Crippen LogP contribution is 2.05. The van der Waals surface area contributed by atoms with Crippen molar-refractivity contribution in [2.75, 3.05) is 5.75 Å². The Kier molecular flexibility index (Phi) is 3.84. The van der Waals surface area contributed by atoms with E-state index in [2.05, 4.69) is 12.6 Å². The summed E-state index contributed by atoms with van der Waals surface area (Å²) in [6.45, 7) is 0. The van der Waals surface area contributed by atoms with Gasteiger partial charge in [-0.2, -0.15) is 21.0 Å². The summed E-state index contributed by atoms with van der Waals surface area (Å²) < 4.78 is 28.9. The molecule has 66 valence electrons. The van der Waals surface area contributed by atoms with Crippen LogP contribution in [0.4, 0.5) is 0 Å². The van der Waals surface area contributed by atoms with Crippen LogP contribution in [0.1, 0.15) is 6.42 Å². The number of hydrogen-bond acceptors (Lipinski definition) is 4. The van der Waals surface area contributed by atoms with Crippen molar-refractivity contribution < 1.29 is 22.9 Å². The first kappa shape index (κ1) is 10.7. The van der Waals surface area contributed by atoms with Crippen LogP contribution in [0.5, 0.6) is 0 Å². The highest BCUT2D eigenvalue weighted by Gasteiger charge is 2.29. The summed E-state index contributed by atoms with van der Waals surface area (Å²) in [5, 5.41) is 6.52. The molecule has 0 radical (unpaired) electrons. The molecule has 0 aromatic heterocycles. The zero-order chi connectivity index (χ0) is 9.07. The number of carboxylic acid groups (broad SMARTS) is 1. The van der Waals surface area contributed by atoms with E-state index in [4.69, 9.17) is 9.66 Å². The van der Waals surface area contributed by atoms with Crippen molar-refractivity contribution in [2.45, 2.75) is 11.7 Å². The van der Waals surface area contributed by atoms with Gasteiger partial charge in [-0.3, -0.25) is 9.35 Å². The van der Waals surface area contributed by atoms with Gasteiger partial charge < -0.3 is 5.11 Å². The molecule has 0 aliphatic heterocycles. The Labute approximate surface area is 69.6 Å². The van der Waals surface area contributed by atoms with E-state index in [-0.39, 0.29) is 12.2 Å². The summed E-state index contributed by atoms with van der Waals surface area (Å²) in [6, 6.07) is 0. The number of rotatable bonds is 4. The van der Waals surface area contributed by atoms with Gasteiger partial charge in [0.2, 0.25) is 0 Å². The van der Waals surface area contributed by atoms with E-state index >= 15 is 0 Å². The molecule has 11 heavy (non-hydrogen) atoms. The summed E-state index contributed by atoms with van der Waals surface area (Å²) in [5.74, 6) is -1.46. The number of hydrogen-bond donors (Lipinski definition) is 3. The predicted molar refractivity (Wildman–Crippen MR) is 41.4 cm³/mol. The zero-order valence-corrected chi connectivity index (χ0v) is 7.18. The Balaban J connectivity index is 4.49. The third kappa shape index (κ3) is 3.59. The predicted octanol–water partition coefficient (Wildman–Crippen LogP) is -0.353. The van der Waals surface area contributed by atoms with Crippen LogP contribution in [-0.4, -0.2) is 35.0 Å². The molecule has 0 saturated carbocycles. The average Bonchev–Trinajstić information content (AvgIpc) is 1.79. The topological polar surface area (TPSA) is 91.7 Å². The molecule has 0 heterocycles. The maximum absolute atomic E-state index is 10.3. The van der Waals surface area contributed by atoms with Crippen LogP contribution in [-0.2, 0) is 14.9 Å². The molecule has 0 spiro atoms. The standard InChI is InChI=1S/C4H8O5S2/c5-4(6)3(1-2-10)11(7,8)9/h3,10H,1-2H2,(H,5,6)(H,7,8,9). The molecule has 0 rings (SSSR count). The molecule has 0 amide bonds. The van der Waals surface area contributed by atoms with Gasteiger partial charge in [-0.25, -0.2) is 0 Å². The second-order valence-corrected chi connectivity index (χ2v) is 3.90. The van der Waals surface area contributed by atoms with Crippen LogP contribution in [0.3, 0.4) is 0 Å². The molecule has 0 bridgehead atoms. The Morgan fingerprint density at radius 2 is 2.00 bits per heavy atom. The third-order valence-corrected chi connectivity index (χ3v) is 2.44. The normalized spacial score (nSPS) is 14.4. The van der Waals surface area contributed by atoms with Crippen LogP contribution in [0.15, 0.2) is 0 Å². The van der Waals surface area contributed by atoms with Gasteiger partial charge in [-0.15, -0.1) is 0 Å². The van der Waals surface area contributed by atoms with E-state index in [0.29, 0.717) is 0 Å². The molecule has 2 N–H and O–H groups in total. The Hall–Kier alpha value is -0.270. The van der Waals surface area contributed by atoms with Crippen molar-refractivity contribution in [1.29, 1.82) is 0 Å². The zero-order valence-electron chi connectivity index (χ0n) is 5.47. The first-order valence-corrected chi connectivity index (χ1v) is 4.83. The minimum absolute atomic E-state index is 0.0940. The van der Waals surface area contributed by atoms with Crippen molar-refractivity contribution in [3.63, 3.8) is 0 Å². The molecule has 1 unspecified atom stereocenters. The number of carboxylic acids is 1. The van der Waals surface area contributed by atoms with E-state index in [0.717, 1.165) is 0 Å². The highest BCUT2D eigenvalue weighted by molar-refractivity contribution is 7.87. The lowest BCUT2D eigenvalue weighted by atomic mass is 10.3. The summed E-state index contributed by atoms with van der Waals surface area (Å²) >= 11 is 3.65. The minimum Gasteiger partial charge on any atom is -0.480 e. The SMILES string of the molecule is O=C(O)C(CCS)S(=O)(=O)O. The fourth-order valence-corrected chi connectivity index (χ4v) is 1.62. The number of carbonyl (C=O) groups is 1. The monoisotopic (exact) mass is 200 g/mol. The van der Waals surface area contributed by atoms with Gasteiger partial charge in [0.1, 0.15) is 0 Å². The Bertz CT molecular complexity index is 231. The lowest BCUT2D eigenvalue weighted by molar-refractivity contribution is -0.136. The molecule has 0 saturated heterocycles. The summed E-state index contributed by atoms with van der Waals surface area (Å²) in [7, 11) is -4.47. The second kappa shape index (κ2) is 3.93. The van der Waals surface area contributed by atoms with Gasteiger partial charge in [-0.05, 0) is 12.2 Å². The third-order valence-electron chi connectivity index (χ3n) is 1.03. The second-order valence-electron chi connectivity index (χ2n) is 1.85. The van der Waals surface area contributed by atoms with Crippen molar-refractivity contribution in [3.8, 4) is 0 Å². The highest BCUT2D eigenvalue weighted by atomic mass is 32.2. The number of thiol groups is 1. The first-order valence-electron chi connectivity index (χ1n) is 2.69. The van der Waals surface area contributed by atoms with Crippen molar-refractivity contribution in [2.24, 2.45) is 0 Å². The lowest BCUT2D eigenvalue weighted by Crippen LogP contribution is -2.29. The molecule has 0 aliphatic carbocycles. The maximum atomic E-state index is 10.3. The van der Waals surface area contributed by atoms with Crippen LogP contribution in [0.25, 0.3) is 0 Å².